The first-order valence-corrected chi connectivity index (χ1v) is 5.67. The van der Waals surface area contributed by atoms with Crippen LogP contribution in [0, 0.1) is 0 Å². The van der Waals surface area contributed by atoms with Crippen molar-refractivity contribution in [1.82, 2.24) is 0 Å². The Morgan fingerprint density at radius 2 is 2.13 bits per heavy atom. The molecule has 3 heteroatoms. The van der Waals surface area contributed by atoms with Crippen molar-refractivity contribution in [2.24, 2.45) is 0 Å². The van der Waals surface area contributed by atoms with Gasteiger partial charge in [0.25, 0.3) is 0 Å². The minimum atomic E-state index is 0.275. The van der Waals surface area contributed by atoms with Gasteiger partial charge < -0.3 is 9.47 Å². The van der Waals surface area contributed by atoms with E-state index in [4.69, 9.17) is 9.47 Å². The summed E-state index contributed by atoms with van der Waals surface area (Å²) in [4.78, 5) is 0.876. The van der Waals surface area contributed by atoms with Gasteiger partial charge in [0.05, 0.1) is 0 Å². The zero-order valence-electron chi connectivity index (χ0n) is 9.32. The molecule has 2 nitrogen and oxygen atoms in total. The lowest BCUT2D eigenvalue weighted by molar-refractivity contribution is 0.0484. The second-order valence-electron chi connectivity index (χ2n) is 3.42. The Balaban J connectivity index is 2.77. The normalized spacial score (nSPS) is 10.3. The molecule has 15 heavy (non-hydrogen) atoms. The van der Waals surface area contributed by atoms with Crippen LogP contribution < -0.4 is 4.74 Å². The summed E-state index contributed by atoms with van der Waals surface area (Å²) < 4.78 is 10.4. The monoisotopic (exact) mass is 226 g/mol. The Morgan fingerprint density at radius 3 is 2.80 bits per heavy atom. The zero-order chi connectivity index (χ0) is 11.1. The SMILES string of the molecule is CCCCc1cccc(S)c1OCOC. The van der Waals surface area contributed by atoms with Gasteiger partial charge in [-0.05, 0) is 24.5 Å². The zero-order valence-corrected chi connectivity index (χ0v) is 10.2. The van der Waals surface area contributed by atoms with Gasteiger partial charge in [0.15, 0.2) is 6.79 Å². The van der Waals surface area contributed by atoms with Gasteiger partial charge in [0.2, 0.25) is 0 Å². The summed E-state index contributed by atoms with van der Waals surface area (Å²) in [5.74, 6) is 0.858. The van der Waals surface area contributed by atoms with Crippen molar-refractivity contribution < 1.29 is 9.47 Å². The molecular formula is C12H18O2S. The predicted octanol–water partition coefficient (Wildman–Crippen LogP) is 3.30. The van der Waals surface area contributed by atoms with E-state index in [0.29, 0.717) is 0 Å². The molecule has 0 aliphatic rings. The van der Waals surface area contributed by atoms with Gasteiger partial charge in [-0.1, -0.05) is 25.5 Å². The maximum Gasteiger partial charge on any atom is 0.188 e. The summed E-state index contributed by atoms with van der Waals surface area (Å²) in [5, 5.41) is 0. The van der Waals surface area contributed by atoms with Crippen molar-refractivity contribution in [3.05, 3.63) is 23.8 Å². The number of para-hydroxylation sites is 1. The number of rotatable bonds is 6. The van der Waals surface area contributed by atoms with Crippen LogP contribution in [0.25, 0.3) is 0 Å². The molecule has 0 bridgehead atoms. The minimum absolute atomic E-state index is 0.275. The lowest BCUT2D eigenvalue weighted by Crippen LogP contribution is -2.02. The van der Waals surface area contributed by atoms with E-state index in [0.717, 1.165) is 17.1 Å². The van der Waals surface area contributed by atoms with E-state index in [1.165, 1.54) is 18.4 Å². The number of thiol groups is 1. The third-order valence-electron chi connectivity index (χ3n) is 2.20. The van der Waals surface area contributed by atoms with Gasteiger partial charge in [-0.2, -0.15) is 0 Å². The van der Waals surface area contributed by atoms with Crippen LogP contribution in [0.5, 0.6) is 5.75 Å². The third kappa shape index (κ3) is 3.76. The molecule has 0 heterocycles. The number of unbranched alkanes of at least 4 members (excludes halogenated alkanes) is 1. The number of ether oxygens (including phenoxy) is 2. The van der Waals surface area contributed by atoms with E-state index in [1.807, 2.05) is 12.1 Å². The summed E-state index contributed by atoms with van der Waals surface area (Å²) in [6.07, 6.45) is 3.38. The van der Waals surface area contributed by atoms with Gasteiger partial charge in [-0.15, -0.1) is 12.6 Å². The van der Waals surface area contributed by atoms with Crippen LogP contribution in [0.2, 0.25) is 0 Å². The van der Waals surface area contributed by atoms with Crippen molar-refractivity contribution in [2.75, 3.05) is 13.9 Å². The molecule has 1 rings (SSSR count). The molecule has 0 atom stereocenters. The van der Waals surface area contributed by atoms with Crippen LogP contribution in [0.4, 0.5) is 0 Å². The highest BCUT2D eigenvalue weighted by atomic mass is 32.1. The van der Waals surface area contributed by atoms with E-state index < -0.39 is 0 Å². The van der Waals surface area contributed by atoms with Gasteiger partial charge in [0, 0.05) is 12.0 Å². The molecule has 0 saturated heterocycles. The lowest BCUT2D eigenvalue weighted by Gasteiger charge is -2.12. The first kappa shape index (κ1) is 12.4. The summed E-state index contributed by atoms with van der Waals surface area (Å²) in [6.45, 7) is 2.46. The summed E-state index contributed by atoms with van der Waals surface area (Å²) in [7, 11) is 1.62. The molecular weight excluding hydrogens is 208 g/mol. The maximum atomic E-state index is 5.52. The molecule has 1 aromatic carbocycles. The average Bonchev–Trinajstić information content (AvgIpc) is 2.25. The fourth-order valence-electron chi connectivity index (χ4n) is 1.42. The minimum Gasteiger partial charge on any atom is -0.466 e. The molecule has 0 unspecified atom stereocenters. The van der Waals surface area contributed by atoms with Gasteiger partial charge in [0.1, 0.15) is 5.75 Å². The second kappa shape index (κ2) is 6.75. The van der Waals surface area contributed by atoms with Crippen LogP contribution in [0.15, 0.2) is 23.1 Å². The molecule has 0 aliphatic heterocycles. The van der Waals surface area contributed by atoms with Crippen molar-refractivity contribution in [2.45, 2.75) is 31.1 Å². The van der Waals surface area contributed by atoms with Crippen molar-refractivity contribution >= 4 is 12.6 Å². The van der Waals surface area contributed by atoms with Gasteiger partial charge >= 0.3 is 0 Å². The molecule has 0 spiro atoms. The van der Waals surface area contributed by atoms with Crippen LogP contribution in [-0.4, -0.2) is 13.9 Å². The Bertz CT molecular complexity index is 300. The largest absolute Gasteiger partial charge is 0.466 e. The van der Waals surface area contributed by atoms with Crippen LogP contribution >= 0.6 is 12.6 Å². The first-order chi connectivity index (χ1) is 7.29. The number of aryl methyl sites for hydroxylation is 1. The molecule has 0 N–H and O–H groups in total. The Labute approximate surface area is 97.0 Å². The Kier molecular flexibility index (Phi) is 5.58. The highest BCUT2D eigenvalue weighted by Gasteiger charge is 2.06. The fourth-order valence-corrected chi connectivity index (χ4v) is 1.71. The molecule has 0 radical (unpaired) electrons. The Hall–Kier alpha value is -0.670. The summed E-state index contributed by atoms with van der Waals surface area (Å²) in [6, 6.07) is 6.02. The van der Waals surface area contributed by atoms with Crippen LogP contribution in [-0.2, 0) is 11.2 Å². The van der Waals surface area contributed by atoms with E-state index in [1.54, 1.807) is 7.11 Å². The van der Waals surface area contributed by atoms with Crippen LogP contribution in [0.3, 0.4) is 0 Å². The highest BCUT2D eigenvalue weighted by Crippen LogP contribution is 2.28. The molecule has 0 aromatic heterocycles. The molecule has 0 amide bonds. The molecule has 0 aliphatic carbocycles. The highest BCUT2D eigenvalue weighted by molar-refractivity contribution is 7.80. The summed E-state index contributed by atoms with van der Waals surface area (Å²) in [5.41, 5.74) is 1.21. The van der Waals surface area contributed by atoms with E-state index in [2.05, 4.69) is 25.6 Å². The first-order valence-electron chi connectivity index (χ1n) is 5.22. The van der Waals surface area contributed by atoms with Gasteiger partial charge in [-0.25, -0.2) is 0 Å². The molecule has 0 fully saturated rings. The average molecular weight is 226 g/mol. The Morgan fingerprint density at radius 1 is 1.33 bits per heavy atom. The predicted molar refractivity (Wildman–Crippen MR) is 64.8 cm³/mol. The lowest BCUT2D eigenvalue weighted by atomic mass is 10.1. The van der Waals surface area contributed by atoms with Crippen molar-refractivity contribution in [1.29, 1.82) is 0 Å². The quantitative estimate of drug-likeness (QED) is 0.592. The standard InChI is InChI=1S/C12H18O2S/c1-3-4-6-10-7-5-8-11(15)12(10)14-9-13-2/h5,7-8,15H,3-4,6,9H2,1-2H3. The number of hydrogen-bond donors (Lipinski definition) is 1. The number of methoxy groups -OCH3 is 1. The number of hydrogen-bond acceptors (Lipinski definition) is 3. The number of benzene rings is 1. The van der Waals surface area contributed by atoms with Crippen LogP contribution in [0.1, 0.15) is 25.3 Å². The van der Waals surface area contributed by atoms with E-state index in [-0.39, 0.29) is 6.79 Å². The van der Waals surface area contributed by atoms with Gasteiger partial charge in [-0.3, -0.25) is 0 Å². The van der Waals surface area contributed by atoms with E-state index in [9.17, 15) is 0 Å². The smallest absolute Gasteiger partial charge is 0.188 e. The summed E-state index contributed by atoms with van der Waals surface area (Å²) >= 11 is 4.38. The maximum absolute atomic E-state index is 5.52. The topological polar surface area (TPSA) is 18.5 Å². The fraction of sp³-hybridized carbons (Fsp3) is 0.500. The van der Waals surface area contributed by atoms with Crippen molar-refractivity contribution in [3.8, 4) is 5.75 Å². The molecule has 84 valence electrons. The molecule has 1 aromatic rings. The second-order valence-corrected chi connectivity index (χ2v) is 3.90. The molecule has 0 saturated carbocycles. The van der Waals surface area contributed by atoms with Crippen molar-refractivity contribution in [3.63, 3.8) is 0 Å². The third-order valence-corrected chi connectivity index (χ3v) is 2.55. The van der Waals surface area contributed by atoms with E-state index >= 15 is 0 Å².